The van der Waals surface area contributed by atoms with Gasteiger partial charge < -0.3 is 10.6 Å². The second-order valence-corrected chi connectivity index (χ2v) is 6.53. The molecular formula is C14H32N2. The first-order valence-corrected chi connectivity index (χ1v) is 6.69. The second-order valence-electron chi connectivity index (χ2n) is 6.53. The molecule has 0 saturated carbocycles. The molecule has 0 heterocycles. The molecule has 0 amide bonds. The van der Waals surface area contributed by atoms with Crippen LogP contribution in [0.5, 0.6) is 0 Å². The Bertz CT molecular complexity index is 160. The summed E-state index contributed by atoms with van der Waals surface area (Å²) in [5.41, 5.74) is 0.233. The standard InChI is InChI=1S/C14H32N2/c1-11(2)13(12(3)4)10-15-8-9-16-14(5,6)7/h11-13,15-16H,8-10H2,1-7H3. The van der Waals surface area contributed by atoms with Crippen LogP contribution in [0.4, 0.5) is 0 Å². The lowest BCUT2D eigenvalue weighted by Gasteiger charge is -2.26. The van der Waals surface area contributed by atoms with Crippen LogP contribution in [-0.4, -0.2) is 25.2 Å². The summed E-state index contributed by atoms with van der Waals surface area (Å²) in [5.74, 6) is 2.32. The van der Waals surface area contributed by atoms with Crippen LogP contribution < -0.4 is 10.6 Å². The third-order valence-corrected chi connectivity index (χ3v) is 3.05. The van der Waals surface area contributed by atoms with E-state index in [0.717, 1.165) is 37.4 Å². The predicted octanol–water partition coefficient (Wildman–Crippen LogP) is 2.89. The van der Waals surface area contributed by atoms with E-state index >= 15 is 0 Å². The summed E-state index contributed by atoms with van der Waals surface area (Å²) in [6, 6.07) is 0. The summed E-state index contributed by atoms with van der Waals surface area (Å²) < 4.78 is 0. The molecule has 0 fully saturated rings. The highest BCUT2D eigenvalue weighted by Gasteiger charge is 2.16. The first kappa shape index (κ1) is 15.9. The molecule has 2 heteroatoms. The SMILES string of the molecule is CC(C)C(CNCCNC(C)(C)C)C(C)C. The van der Waals surface area contributed by atoms with E-state index in [9.17, 15) is 0 Å². The highest BCUT2D eigenvalue weighted by atomic mass is 15.0. The molecule has 0 radical (unpaired) electrons. The smallest absolute Gasteiger partial charge is 0.00970 e. The van der Waals surface area contributed by atoms with Crippen LogP contribution in [0.15, 0.2) is 0 Å². The van der Waals surface area contributed by atoms with E-state index < -0.39 is 0 Å². The second kappa shape index (κ2) is 7.29. The lowest BCUT2D eigenvalue weighted by molar-refractivity contribution is 0.275. The fourth-order valence-electron chi connectivity index (χ4n) is 2.04. The predicted molar refractivity (Wildman–Crippen MR) is 73.8 cm³/mol. The summed E-state index contributed by atoms with van der Waals surface area (Å²) in [6.45, 7) is 19.1. The Morgan fingerprint density at radius 3 is 1.75 bits per heavy atom. The Labute approximate surface area is 103 Å². The van der Waals surface area contributed by atoms with Crippen molar-refractivity contribution in [2.24, 2.45) is 17.8 Å². The summed E-state index contributed by atoms with van der Waals surface area (Å²) in [4.78, 5) is 0. The largest absolute Gasteiger partial charge is 0.315 e. The molecule has 2 N–H and O–H groups in total. The van der Waals surface area contributed by atoms with Crippen LogP contribution in [0.2, 0.25) is 0 Å². The molecule has 0 unspecified atom stereocenters. The number of hydrogen-bond donors (Lipinski definition) is 2. The third kappa shape index (κ3) is 8.12. The van der Waals surface area contributed by atoms with Crippen LogP contribution in [0.1, 0.15) is 48.5 Å². The molecule has 0 rings (SSSR count). The number of rotatable bonds is 7. The molecule has 0 bridgehead atoms. The van der Waals surface area contributed by atoms with Gasteiger partial charge in [-0.1, -0.05) is 27.7 Å². The average Bonchev–Trinajstić information content (AvgIpc) is 2.07. The fourth-order valence-corrected chi connectivity index (χ4v) is 2.04. The Morgan fingerprint density at radius 1 is 0.875 bits per heavy atom. The summed E-state index contributed by atoms with van der Waals surface area (Å²) in [7, 11) is 0. The van der Waals surface area contributed by atoms with E-state index in [1.807, 2.05) is 0 Å². The Balaban J connectivity index is 3.64. The summed E-state index contributed by atoms with van der Waals surface area (Å²) in [5, 5.41) is 7.05. The molecule has 0 saturated heterocycles. The molecule has 0 aromatic carbocycles. The van der Waals surface area contributed by atoms with Crippen molar-refractivity contribution in [2.45, 2.75) is 54.0 Å². The van der Waals surface area contributed by atoms with Gasteiger partial charge in [0.25, 0.3) is 0 Å². The van der Waals surface area contributed by atoms with Gasteiger partial charge in [0.1, 0.15) is 0 Å². The third-order valence-electron chi connectivity index (χ3n) is 3.05. The van der Waals surface area contributed by atoms with Crippen molar-refractivity contribution in [3.63, 3.8) is 0 Å². The van der Waals surface area contributed by atoms with E-state index in [1.54, 1.807) is 0 Å². The van der Waals surface area contributed by atoms with Gasteiger partial charge in [-0.25, -0.2) is 0 Å². The van der Waals surface area contributed by atoms with Crippen LogP contribution in [0, 0.1) is 17.8 Å². The average molecular weight is 228 g/mol. The molecule has 2 nitrogen and oxygen atoms in total. The van der Waals surface area contributed by atoms with E-state index in [-0.39, 0.29) is 5.54 Å². The zero-order valence-corrected chi connectivity index (χ0v) is 12.4. The topological polar surface area (TPSA) is 24.1 Å². The minimum Gasteiger partial charge on any atom is -0.315 e. The summed E-state index contributed by atoms with van der Waals surface area (Å²) in [6.07, 6.45) is 0. The first-order valence-electron chi connectivity index (χ1n) is 6.69. The van der Waals surface area contributed by atoms with Gasteiger partial charge in [0.2, 0.25) is 0 Å². The van der Waals surface area contributed by atoms with Crippen molar-refractivity contribution in [1.82, 2.24) is 10.6 Å². The van der Waals surface area contributed by atoms with Crippen molar-refractivity contribution < 1.29 is 0 Å². The molecule has 0 spiro atoms. The van der Waals surface area contributed by atoms with Gasteiger partial charge in [0, 0.05) is 18.6 Å². The van der Waals surface area contributed by atoms with Crippen molar-refractivity contribution >= 4 is 0 Å². The van der Waals surface area contributed by atoms with Gasteiger partial charge in [0.05, 0.1) is 0 Å². The van der Waals surface area contributed by atoms with Crippen molar-refractivity contribution in [2.75, 3.05) is 19.6 Å². The minimum atomic E-state index is 0.233. The van der Waals surface area contributed by atoms with Gasteiger partial charge in [0.15, 0.2) is 0 Å². The highest BCUT2D eigenvalue weighted by Crippen LogP contribution is 2.19. The van der Waals surface area contributed by atoms with Crippen LogP contribution in [0.3, 0.4) is 0 Å². The van der Waals surface area contributed by atoms with Crippen molar-refractivity contribution in [1.29, 1.82) is 0 Å². The molecular weight excluding hydrogens is 196 g/mol. The van der Waals surface area contributed by atoms with Crippen molar-refractivity contribution in [3.05, 3.63) is 0 Å². The maximum absolute atomic E-state index is 3.56. The monoisotopic (exact) mass is 228 g/mol. The van der Waals surface area contributed by atoms with Crippen molar-refractivity contribution in [3.8, 4) is 0 Å². The van der Waals surface area contributed by atoms with Crippen LogP contribution >= 0.6 is 0 Å². The van der Waals surface area contributed by atoms with E-state index in [2.05, 4.69) is 59.1 Å². The van der Waals surface area contributed by atoms with Gasteiger partial charge >= 0.3 is 0 Å². The lowest BCUT2D eigenvalue weighted by atomic mass is 9.85. The highest BCUT2D eigenvalue weighted by molar-refractivity contribution is 4.72. The van der Waals surface area contributed by atoms with Crippen LogP contribution in [0.25, 0.3) is 0 Å². The molecule has 0 aliphatic carbocycles. The zero-order chi connectivity index (χ0) is 12.8. The number of hydrogen-bond acceptors (Lipinski definition) is 2. The first-order chi connectivity index (χ1) is 7.24. The zero-order valence-electron chi connectivity index (χ0n) is 12.4. The summed E-state index contributed by atoms with van der Waals surface area (Å²) >= 11 is 0. The lowest BCUT2D eigenvalue weighted by Crippen LogP contribution is -2.41. The molecule has 0 aliphatic heterocycles. The quantitative estimate of drug-likeness (QED) is 0.655. The molecule has 0 aromatic heterocycles. The van der Waals surface area contributed by atoms with Gasteiger partial charge in [-0.2, -0.15) is 0 Å². The van der Waals surface area contributed by atoms with Gasteiger partial charge in [-0.15, -0.1) is 0 Å². The maximum Gasteiger partial charge on any atom is 0.00970 e. The molecule has 16 heavy (non-hydrogen) atoms. The van der Waals surface area contributed by atoms with Gasteiger partial charge in [-0.3, -0.25) is 0 Å². The molecule has 98 valence electrons. The Kier molecular flexibility index (Phi) is 7.25. The van der Waals surface area contributed by atoms with E-state index in [4.69, 9.17) is 0 Å². The van der Waals surface area contributed by atoms with E-state index in [1.165, 1.54) is 0 Å². The number of nitrogens with one attached hydrogen (secondary N) is 2. The Morgan fingerprint density at radius 2 is 1.38 bits per heavy atom. The fraction of sp³-hybridized carbons (Fsp3) is 1.00. The minimum absolute atomic E-state index is 0.233. The van der Waals surface area contributed by atoms with E-state index in [0.29, 0.717) is 0 Å². The molecule has 0 aromatic rings. The normalized spacial score (nSPS) is 13.1. The molecule has 0 atom stereocenters. The molecule has 0 aliphatic rings. The van der Waals surface area contributed by atoms with Gasteiger partial charge in [-0.05, 0) is 45.1 Å². The Hall–Kier alpha value is -0.0800. The van der Waals surface area contributed by atoms with Crippen LogP contribution in [-0.2, 0) is 0 Å². The maximum atomic E-state index is 3.56.